The maximum atomic E-state index is 14.7. The van der Waals surface area contributed by atoms with Crippen molar-refractivity contribution in [3.63, 3.8) is 0 Å². The number of rotatable bonds is 5. The number of hydrogen-bond donors (Lipinski definition) is 0. The third kappa shape index (κ3) is 3.21. The van der Waals surface area contributed by atoms with Gasteiger partial charge in [0.25, 0.3) is 0 Å². The third-order valence-electron chi connectivity index (χ3n) is 4.40. The first-order valence-electron chi connectivity index (χ1n) is 8.82. The summed E-state index contributed by atoms with van der Waals surface area (Å²) in [6, 6.07) is 10.1. The van der Waals surface area contributed by atoms with Crippen LogP contribution in [0.2, 0.25) is 5.02 Å². The summed E-state index contributed by atoms with van der Waals surface area (Å²) in [6.45, 7) is 4.53. The van der Waals surface area contributed by atoms with Gasteiger partial charge in [-0.2, -0.15) is 0 Å². The van der Waals surface area contributed by atoms with Gasteiger partial charge in [0, 0.05) is 5.02 Å². The monoisotopic (exact) mass is 384 g/mol. The highest BCUT2D eigenvalue weighted by atomic mass is 35.5. The van der Waals surface area contributed by atoms with Gasteiger partial charge < -0.3 is 4.74 Å². The summed E-state index contributed by atoms with van der Waals surface area (Å²) in [7, 11) is 0. The van der Waals surface area contributed by atoms with Crippen molar-refractivity contribution in [3.8, 4) is 17.1 Å². The Morgan fingerprint density at radius 1 is 1.15 bits per heavy atom. The van der Waals surface area contributed by atoms with Crippen molar-refractivity contribution in [2.24, 2.45) is 0 Å². The summed E-state index contributed by atoms with van der Waals surface area (Å²) in [5, 5.41) is 9.02. The number of benzene rings is 2. The molecule has 0 spiro atoms. The van der Waals surface area contributed by atoms with E-state index in [9.17, 15) is 4.39 Å². The van der Waals surface area contributed by atoms with Crippen LogP contribution < -0.4 is 4.74 Å². The standard InChI is InChI=1S/C20H18ClFN4O/c1-3-4-9-27-14-6-7-16(22)15(11-14)20-25-24-19-12(2)23-17-8-5-13(21)10-18(17)26(19)20/h5-8,10-11H,3-4,9H2,1-2H3. The van der Waals surface area contributed by atoms with E-state index in [0.29, 0.717) is 40.1 Å². The Balaban J connectivity index is 1.93. The van der Waals surface area contributed by atoms with E-state index in [-0.39, 0.29) is 0 Å². The van der Waals surface area contributed by atoms with E-state index in [1.54, 1.807) is 28.7 Å². The van der Waals surface area contributed by atoms with Gasteiger partial charge in [0.2, 0.25) is 0 Å². The minimum Gasteiger partial charge on any atom is -0.494 e. The lowest BCUT2D eigenvalue weighted by molar-refractivity contribution is 0.309. The first-order chi connectivity index (χ1) is 13.1. The average molecular weight is 385 g/mol. The second-order valence-electron chi connectivity index (χ2n) is 6.36. The molecule has 2 aromatic carbocycles. The van der Waals surface area contributed by atoms with E-state index in [1.807, 2.05) is 13.0 Å². The van der Waals surface area contributed by atoms with Crippen LogP contribution >= 0.6 is 11.6 Å². The molecule has 0 atom stereocenters. The Bertz CT molecular complexity index is 1140. The van der Waals surface area contributed by atoms with Crippen molar-refractivity contribution in [2.45, 2.75) is 26.7 Å². The number of fused-ring (bicyclic) bond motifs is 3. The van der Waals surface area contributed by atoms with Crippen LogP contribution in [0.15, 0.2) is 36.4 Å². The fourth-order valence-corrected chi connectivity index (χ4v) is 3.19. The average Bonchev–Trinajstić information content (AvgIpc) is 3.10. The minimum absolute atomic E-state index is 0.323. The van der Waals surface area contributed by atoms with Gasteiger partial charge in [-0.1, -0.05) is 24.9 Å². The fraction of sp³-hybridized carbons (Fsp3) is 0.250. The van der Waals surface area contributed by atoms with Crippen LogP contribution in [0.5, 0.6) is 5.75 Å². The van der Waals surface area contributed by atoms with Gasteiger partial charge in [-0.15, -0.1) is 10.2 Å². The third-order valence-corrected chi connectivity index (χ3v) is 4.63. The Hall–Kier alpha value is -2.73. The molecular weight excluding hydrogens is 367 g/mol. The van der Waals surface area contributed by atoms with Crippen molar-refractivity contribution < 1.29 is 9.13 Å². The Labute approximate surface area is 160 Å². The first kappa shape index (κ1) is 17.7. The van der Waals surface area contributed by atoms with Crippen LogP contribution in [0.25, 0.3) is 28.1 Å². The summed E-state index contributed by atoms with van der Waals surface area (Å²) >= 11 is 6.18. The SMILES string of the molecule is CCCCOc1ccc(F)c(-c2nnc3c(C)nc4ccc(Cl)cc4n23)c1. The maximum Gasteiger partial charge on any atom is 0.183 e. The topological polar surface area (TPSA) is 52.3 Å². The van der Waals surface area contributed by atoms with E-state index in [2.05, 4.69) is 22.1 Å². The first-order valence-corrected chi connectivity index (χ1v) is 9.20. The number of aromatic nitrogens is 4. The molecule has 2 heterocycles. The second kappa shape index (κ2) is 7.12. The molecule has 0 saturated heterocycles. The zero-order chi connectivity index (χ0) is 19.0. The molecule has 5 nitrogen and oxygen atoms in total. The van der Waals surface area contributed by atoms with Crippen LogP contribution in [0.3, 0.4) is 0 Å². The molecule has 0 saturated carbocycles. The summed E-state index contributed by atoms with van der Waals surface area (Å²) < 4.78 is 22.2. The Kier molecular flexibility index (Phi) is 4.66. The highest BCUT2D eigenvalue weighted by molar-refractivity contribution is 6.31. The molecule has 0 N–H and O–H groups in total. The molecule has 0 aliphatic heterocycles. The molecule has 0 bridgehead atoms. The second-order valence-corrected chi connectivity index (χ2v) is 6.79. The number of aryl methyl sites for hydroxylation is 1. The van der Waals surface area contributed by atoms with Crippen LogP contribution in [-0.2, 0) is 0 Å². The van der Waals surface area contributed by atoms with Gasteiger partial charge in [0.15, 0.2) is 11.5 Å². The molecule has 4 rings (SSSR count). The predicted octanol–water partition coefficient (Wildman–Crippen LogP) is 5.22. The lowest BCUT2D eigenvalue weighted by Crippen LogP contribution is -2.00. The normalized spacial score (nSPS) is 11.4. The number of hydrogen-bond acceptors (Lipinski definition) is 4. The lowest BCUT2D eigenvalue weighted by atomic mass is 10.1. The number of unbranched alkanes of at least 4 members (excludes halogenated alkanes) is 1. The van der Waals surface area contributed by atoms with E-state index in [4.69, 9.17) is 16.3 Å². The molecule has 138 valence electrons. The smallest absolute Gasteiger partial charge is 0.183 e. The van der Waals surface area contributed by atoms with Crippen molar-refractivity contribution in [3.05, 3.63) is 52.9 Å². The summed E-state index contributed by atoms with van der Waals surface area (Å²) in [5.74, 6) is 0.600. The summed E-state index contributed by atoms with van der Waals surface area (Å²) in [4.78, 5) is 4.54. The van der Waals surface area contributed by atoms with E-state index in [0.717, 1.165) is 23.9 Å². The predicted molar refractivity (Wildman–Crippen MR) is 104 cm³/mol. The molecule has 27 heavy (non-hydrogen) atoms. The lowest BCUT2D eigenvalue weighted by Gasteiger charge is -2.10. The Morgan fingerprint density at radius 2 is 2.00 bits per heavy atom. The number of halogens is 2. The van der Waals surface area contributed by atoms with Gasteiger partial charge in [0.1, 0.15) is 11.6 Å². The number of ether oxygens (including phenoxy) is 1. The van der Waals surface area contributed by atoms with Gasteiger partial charge in [-0.05, 0) is 49.7 Å². The zero-order valence-electron chi connectivity index (χ0n) is 15.0. The van der Waals surface area contributed by atoms with Crippen molar-refractivity contribution >= 4 is 28.3 Å². The highest BCUT2D eigenvalue weighted by Crippen LogP contribution is 2.30. The van der Waals surface area contributed by atoms with Gasteiger partial charge in [0.05, 0.1) is 28.9 Å². The van der Waals surface area contributed by atoms with E-state index >= 15 is 0 Å². The zero-order valence-corrected chi connectivity index (χ0v) is 15.8. The van der Waals surface area contributed by atoms with Gasteiger partial charge in [-0.25, -0.2) is 9.37 Å². The molecule has 7 heteroatoms. The van der Waals surface area contributed by atoms with Gasteiger partial charge in [-0.3, -0.25) is 4.40 Å². The Morgan fingerprint density at radius 3 is 2.81 bits per heavy atom. The molecule has 0 aliphatic carbocycles. The summed E-state index contributed by atoms with van der Waals surface area (Å²) in [6.07, 6.45) is 1.97. The molecular formula is C20H18ClFN4O. The molecule has 4 aromatic rings. The largest absolute Gasteiger partial charge is 0.494 e. The van der Waals surface area contributed by atoms with Crippen molar-refractivity contribution in [2.75, 3.05) is 6.61 Å². The molecule has 0 aliphatic rings. The van der Waals surface area contributed by atoms with Crippen LogP contribution in [-0.4, -0.2) is 26.2 Å². The highest BCUT2D eigenvalue weighted by Gasteiger charge is 2.18. The molecule has 0 unspecified atom stereocenters. The minimum atomic E-state index is -0.392. The van der Waals surface area contributed by atoms with Crippen LogP contribution in [0.4, 0.5) is 4.39 Å². The van der Waals surface area contributed by atoms with Crippen LogP contribution in [0, 0.1) is 12.7 Å². The van der Waals surface area contributed by atoms with E-state index < -0.39 is 5.82 Å². The fourth-order valence-electron chi connectivity index (χ4n) is 3.02. The van der Waals surface area contributed by atoms with Crippen molar-refractivity contribution in [1.29, 1.82) is 0 Å². The maximum absolute atomic E-state index is 14.7. The van der Waals surface area contributed by atoms with Gasteiger partial charge >= 0.3 is 0 Å². The van der Waals surface area contributed by atoms with Crippen LogP contribution in [0.1, 0.15) is 25.5 Å². The molecule has 0 radical (unpaired) electrons. The number of nitrogens with zero attached hydrogens (tertiary/aromatic N) is 4. The van der Waals surface area contributed by atoms with E-state index in [1.165, 1.54) is 6.07 Å². The quantitative estimate of drug-likeness (QED) is 0.442. The summed E-state index contributed by atoms with van der Waals surface area (Å²) in [5.41, 5.74) is 3.06. The molecule has 0 amide bonds. The molecule has 2 aromatic heterocycles. The van der Waals surface area contributed by atoms with Crippen molar-refractivity contribution in [1.82, 2.24) is 19.6 Å². The molecule has 0 fully saturated rings.